The molecule has 2 aromatic carbocycles. The van der Waals surface area contributed by atoms with Crippen LogP contribution in [0.1, 0.15) is 56.9 Å². The summed E-state index contributed by atoms with van der Waals surface area (Å²) < 4.78 is 25.1. The lowest BCUT2D eigenvalue weighted by atomic mass is 10.1. The molecule has 0 amide bonds. The highest BCUT2D eigenvalue weighted by molar-refractivity contribution is 7.54. The Morgan fingerprint density at radius 1 is 0.964 bits per heavy atom. The van der Waals surface area contributed by atoms with Gasteiger partial charge in [-0.25, -0.2) is 0 Å². The van der Waals surface area contributed by atoms with Gasteiger partial charge in [-0.05, 0) is 38.5 Å². The monoisotopic (exact) mass is 399 g/mol. The molecule has 1 unspecified atom stereocenters. The Hall–Kier alpha value is -2.05. The predicted molar refractivity (Wildman–Crippen MR) is 117 cm³/mol. The van der Waals surface area contributed by atoms with Crippen molar-refractivity contribution in [3.63, 3.8) is 0 Å². The molecular weight excluding hydrogens is 369 g/mol. The predicted octanol–water partition coefficient (Wildman–Crippen LogP) is 6.61. The van der Waals surface area contributed by atoms with Crippen molar-refractivity contribution in [2.24, 2.45) is 0 Å². The van der Waals surface area contributed by atoms with Crippen LogP contribution in [0.15, 0.2) is 54.6 Å². The Labute approximate surface area is 169 Å². The summed E-state index contributed by atoms with van der Waals surface area (Å²) >= 11 is 0. The lowest BCUT2D eigenvalue weighted by molar-refractivity contribution is 0.214. The number of unbranched alkanes of at least 4 members (excludes halogenated alkanes) is 2. The van der Waals surface area contributed by atoms with Crippen LogP contribution in [0, 0.1) is 11.8 Å². The topological polar surface area (TPSA) is 47.6 Å². The van der Waals surface area contributed by atoms with Crippen molar-refractivity contribution < 1.29 is 13.6 Å². The number of anilines is 1. The van der Waals surface area contributed by atoms with Gasteiger partial charge in [0.05, 0.1) is 13.2 Å². The van der Waals surface area contributed by atoms with Crippen LogP contribution in [0.4, 0.5) is 5.69 Å². The molecule has 0 saturated heterocycles. The highest BCUT2D eigenvalue weighted by Gasteiger charge is 2.38. The average molecular weight is 399 g/mol. The van der Waals surface area contributed by atoms with Crippen LogP contribution >= 0.6 is 7.60 Å². The lowest BCUT2D eigenvalue weighted by Crippen LogP contribution is -2.16. The van der Waals surface area contributed by atoms with E-state index in [4.69, 9.17) is 9.05 Å². The largest absolute Gasteiger partial charge is 0.368 e. The van der Waals surface area contributed by atoms with Crippen molar-refractivity contribution in [3.8, 4) is 11.8 Å². The van der Waals surface area contributed by atoms with Crippen LogP contribution in [0.3, 0.4) is 0 Å². The quantitative estimate of drug-likeness (QED) is 0.278. The molecule has 1 N–H and O–H groups in total. The van der Waals surface area contributed by atoms with Gasteiger partial charge in [-0.3, -0.25) is 4.57 Å². The van der Waals surface area contributed by atoms with Gasteiger partial charge >= 0.3 is 7.60 Å². The van der Waals surface area contributed by atoms with Crippen molar-refractivity contribution in [1.29, 1.82) is 0 Å². The molecule has 150 valence electrons. The van der Waals surface area contributed by atoms with E-state index >= 15 is 0 Å². The molecule has 0 aliphatic heterocycles. The smallest absolute Gasteiger partial charge is 0.357 e. The summed E-state index contributed by atoms with van der Waals surface area (Å²) in [5, 5.41) is 3.37. The van der Waals surface area contributed by atoms with Crippen LogP contribution in [0.2, 0.25) is 0 Å². The standard InChI is InChI=1S/C23H30NO3P/c1-4-7-8-10-15-20-16-13-14-19-22(20)23(24-21-17-11-9-12-18-21)28(25,26-5-2)27-6-3/h9,11-14,16-19,23-24H,4-8H2,1-3H3. The fourth-order valence-electron chi connectivity index (χ4n) is 2.84. The van der Waals surface area contributed by atoms with Gasteiger partial charge in [-0.1, -0.05) is 61.6 Å². The second-order valence-electron chi connectivity index (χ2n) is 6.28. The first-order valence-corrected chi connectivity index (χ1v) is 11.5. The average Bonchev–Trinajstić information content (AvgIpc) is 2.71. The second-order valence-corrected chi connectivity index (χ2v) is 8.39. The fraction of sp³-hybridized carbons (Fsp3) is 0.391. The SMILES string of the molecule is CCCCC#Cc1ccccc1C(Nc1ccccc1)P(=O)(OCC)OCC. The first kappa shape index (κ1) is 22.2. The molecule has 0 aliphatic carbocycles. The van der Waals surface area contributed by atoms with Gasteiger partial charge in [0, 0.05) is 23.2 Å². The van der Waals surface area contributed by atoms with E-state index in [0.717, 1.165) is 36.1 Å². The Kier molecular flexibility index (Phi) is 9.31. The third-order valence-corrected chi connectivity index (χ3v) is 6.42. The molecule has 28 heavy (non-hydrogen) atoms. The fourth-order valence-corrected chi connectivity index (χ4v) is 4.80. The molecule has 5 heteroatoms. The van der Waals surface area contributed by atoms with Crippen LogP contribution < -0.4 is 5.32 Å². The first-order chi connectivity index (χ1) is 13.6. The molecule has 0 aliphatic rings. The van der Waals surface area contributed by atoms with Crippen molar-refractivity contribution in [1.82, 2.24) is 0 Å². The zero-order valence-corrected chi connectivity index (χ0v) is 17.9. The van der Waals surface area contributed by atoms with E-state index in [1.165, 1.54) is 0 Å². The minimum absolute atomic E-state index is 0.300. The maximum Gasteiger partial charge on any atom is 0.357 e. The van der Waals surface area contributed by atoms with Gasteiger partial charge in [0.1, 0.15) is 0 Å². The van der Waals surface area contributed by atoms with Crippen LogP contribution in [-0.4, -0.2) is 13.2 Å². The van der Waals surface area contributed by atoms with Crippen molar-refractivity contribution >= 4 is 13.3 Å². The maximum absolute atomic E-state index is 13.7. The molecule has 2 aromatic rings. The lowest BCUT2D eigenvalue weighted by Gasteiger charge is -2.29. The van der Waals surface area contributed by atoms with E-state index in [2.05, 4.69) is 24.1 Å². The summed E-state index contributed by atoms with van der Waals surface area (Å²) in [5.41, 5.74) is 2.51. The first-order valence-electron chi connectivity index (χ1n) is 9.92. The van der Waals surface area contributed by atoms with Crippen molar-refractivity contribution in [2.45, 2.75) is 45.8 Å². The summed E-state index contributed by atoms with van der Waals surface area (Å²) in [5.74, 6) is 5.83. The molecule has 0 spiro atoms. The molecule has 1 atom stereocenters. The minimum atomic E-state index is -3.47. The summed E-state index contributed by atoms with van der Waals surface area (Å²) in [7, 11) is -3.47. The molecule has 2 rings (SSSR count). The summed E-state index contributed by atoms with van der Waals surface area (Å²) in [4.78, 5) is 0. The normalized spacial score (nSPS) is 12.1. The summed E-state index contributed by atoms with van der Waals surface area (Å²) in [6, 6.07) is 17.4. The van der Waals surface area contributed by atoms with Gasteiger partial charge in [-0.15, -0.1) is 0 Å². The summed E-state index contributed by atoms with van der Waals surface area (Å²) in [6.07, 6.45) is 3.02. The number of nitrogens with one attached hydrogen (secondary N) is 1. The maximum atomic E-state index is 13.7. The van der Waals surface area contributed by atoms with Crippen LogP contribution in [-0.2, 0) is 13.6 Å². The minimum Gasteiger partial charge on any atom is -0.368 e. The van der Waals surface area contributed by atoms with Crippen LogP contribution in [0.5, 0.6) is 0 Å². The van der Waals surface area contributed by atoms with E-state index in [-0.39, 0.29) is 0 Å². The van der Waals surface area contributed by atoms with Crippen molar-refractivity contribution in [2.75, 3.05) is 18.5 Å². The molecule has 0 saturated carbocycles. The number of hydrogen-bond acceptors (Lipinski definition) is 4. The Morgan fingerprint density at radius 2 is 1.61 bits per heavy atom. The van der Waals surface area contributed by atoms with Crippen molar-refractivity contribution in [3.05, 3.63) is 65.7 Å². The van der Waals surface area contributed by atoms with Gasteiger partial charge < -0.3 is 14.4 Å². The number of hydrogen-bond donors (Lipinski definition) is 1. The highest BCUT2D eigenvalue weighted by Crippen LogP contribution is 2.61. The van der Waals surface area contributed by atoms with Gasteiger partial charge in [0.25, 0.3) is 0 Å². The molecule has 0 aromatic heterocycles. The molecule has 4 nitrogen and oxygen atoms in total. The van der Waals surface area contributed by atoms with Gasteiger partial charge in [0.2, 0.25) is 0 Å². The second kappa shape index (κ2) is 11.7. The Morgan fingerprint density at radius 3 is 2.25 bits per heavy atom. The van der Waals surface area contributed by atoms with Gasteiger partial charge in [-0.2, -0.15) is 0 Å². The van der Waals surface area contributed by atoms with E-state index in [1.54, 1.807) is 0 Å². The molecular formula is C23H30NO3P. The Balaban J connectivity index is 2.49. The van der Waals surface area contributed by atoms with E-state index in [0.29, 0.717) is 13.2 Å². The van der Waals surface area contributed by atoms with E-state index < -0.39 is 13.4 Å². The highest BCUT2D eigenvalue weighted by atomic mass is 31.2. The Bertz CT molecular complexity index is 816. The zero-order chi connectivity index (χ0) is 20.2. The van der Waals surface area contributed by atoms with E-state index in [1.807, 2.05) is 68.4 Å². The number of para-hydroxylation sites is 1. The third-order valence-electron chi connectivity index (χ3n) is 4.15. The third kappa shape index (κ3) is 6.24. The van der Waals surface area contributed by atoms with Gasteiger partial charge in [0.15, 0.2) is 5.78 Å². The molecule has 0 bridgehead atoms. The number of rotatable bonds is 10. The number of benzene rings is 2. The van der Waals surface area contributed by atoms with Crippen LogP contribution in [0.25, 0.3) is 0 Å². The molecule has 0 heterocycles. The van der Waals surface area contributed by atoms with E-state index in [9.17, 15) is 4.57 Å². The molecule has 0 radical (unpaired) electrons. The summed E-state index contributed by atoms with van der Waals surface area (Å²) in [6.45, 7) is 6.39. The zero-order valence-electron chi connectivity index (χ0n) is 17.0. The molecule has 0 fully saturated rings.